The Labute approximate surface area is 133 Å². The molecule has 0 aliphatic rings. The summed E-state index contributed by atoms with van der Waals surface area (Å²) in [4.78, 5) is 10.8. The monoisotopic (exact) mass is 346 g/mol. The van der Waals surface area contributed by atoms with Gasteiger partial charge in [-0.05, 0) is 24.2 Å². The smallest absolute Gasteiger partial charge is 0.357 e. The highest BCUT2D eigenvalue weighted by molar-refractivity contribution is 6.87. The molecule has 1 rings (SSSR count). The Morgan fingerprint density at radius 1 is 1.18 bits per heavy atom. The number of aliphatic hydroxyl groups excluding tert-OH is 3. The van der Waals surface area contributed by atoms with Gasteiger partial charge in [-0.3, -0.25) is 0 Å². The first-order valence-corrected chi connectivity index (χ1v) is 11.9. The highest BCUT2D eigenvalue weighted by atomic mass is 28.5. The molecule has 1 aromatic rings. The van der Waals surface area contributed by atoms with E-state index in [0.717, 1.165) is 0 Å². The molecule has 0 bridgehead atoms. The van der Waals surface area contributed by atoms with E-state index >= 15 is 0 Å². The summed E-state index contributed by atoms with van der Waals surface area (Å²) in [5, 5.41) is 28.7. The molecule has 3 atom stereocenters. The summed E-state index contributed by atoms with van der Waals surface area (Å²) in [6.45, 7) is 1.24. The van der Waals surface area contributed by atoms with Crippen molar-refractivity contribution in [3.8, 4) is 0 Å². The molecule has 0 aromatic heterocycles. The van der Waals surface area contributed by atoms with Crippen molar-refractivity contribution in [1.29, 1.82) is 0 Å². The molecular formula is C14H26O6Si2. The maximum Gasteiger partial charge on any atom is 0.357 e. The third-order valence-electron chi connectivity index (χ3n) is 3.54. The Kier molecular flexibility index (Phi) is 7.87. The average molecular weight is 347 g/mol. The molecule has 22 heavy (non-hydrogen) atoms. The van der Waals surface area contributed by atoms with E-state index < -0.39 is 29.8 Å². The topological polar surface area (TPSA) is 99.4 Å². The first kappa shape index (κ1) is 19.5. The third kappa shape index (κ3) is 5.56. The van der Waals surface area contributed by atoms with Gasteiger partial charge in [0.1, 0.15) is 0 Å². The van der Waals surface area contributed by atoms with Gasteiger partial charge in [0, 0.05) is 19.8 Å². The lowest BCUT2D eigenvalue weighted by molar-refractivity contribution is 0.0987. The maximum absolute atomic E-state index is 10.8. The maximum atomic E-state index is 10.8. The summed E-state index contributed by atoms with van der Waals surface area (Å²) in [5.41, 5.74) is 0. The van der Waals surface area contributed by atoms with Gasteiger partial charge in [-0.15, -0.1) is 0 Å². The highest BCUT2D eigenvalue weighted by Crippen LogP contribution is 2.25. The fourth-order valence-electron chi connectivity index (χ4n) is 2.36. The van der Waals surface area contributed by atoms with Crippen LogP contribution in [0.1, 0.15) is 6.42 Å². The molecule has 0 amide bonds. The van der Waals surface area contributed by atoms with Crippen molar-refractivity contribution < 1.29 is 28.7 Å². The van der Waals surface area contributed by atoms with Crippen LogP contribution in [-0.4, -0.2) is 63.7 Å². The van der Waals surface area contributed by atoms with E-state index in [9.17, 15) is 9.90 Å². The summed E-state index contributed by atoms with van der Waals surface area (Å²) < 4.78 is 11.6. The van der Waals surface area contributed by atoms with E-state index in [0.29, 0.717) is 17.7 Å². The van der Waals surface area contributed by atoms with E-state index in [-0.39, 0.29) is 12.7 Å². The van der Waals surface area contributed by atoms with Crippen LogP contribution in [-0.2, 0) is 8.54 Å². The fraction of sp³-hybridized carbons (Fsp3) is 0.571. The second kappa shape index (κ2) is 8.89. The van der Waals surface area contributed by atoms with Gasteiger partial charge in [0.2, 0.25) is 0 Å². The van der Waals surface area contributed by atoms with E-state index in [1.54, 1.807) is 18.7 Å². The lowest BCUT2D eigenvalue weighted by Gasteiger charge is -2.36. The standard InChI is InChI=1S/C14H26O6Si2/c1-19-22(10-6-9-15,12-13(17)11-16)20-21(2,18)14-7-4-3-5-8-14/h3-5,7-8,13,15-18H,6,9-12H2,1-2H3. The van der Waals surface area contributed by atoms with Gasteiger partial charge in [-0.25, -0.2) is 0 Å². The zero-order valence-electron chi connectivity index (χ0n) is 13.1. The number of aliphatic hydroxyl groups is 3. The van der Waals surface area contributed by atoms with Crippen LogP contribution in [0.15, 0.2) is 30.3 Å². The molecule has 0 aliphatic carbocycles. The summed E-state index contributed by atoms with van der Waals surface area (Å²) in [7, 11) is -4.66. The average Bonchev–Trinajstić information content (AvgIpc) is 2.53. The molecular weight excluding hydrogens is 320 g/mol. The van der Waals surface area contributed by atoms with Gasteiger partial charge < -0.3 is 28.7 Å². The highest BCUT2D eigenvalue weighted by Gasteiger charge is 2.46. The van der Waals surface area contributed by atoms with Crippen LogP contribution < -0.4 is 5.19 Å². The van der Waals surface area contributed by atoms with Crippen LogP contribution in [0, 0.1) is 0 Å². The molecule has 0 radical (unpaired) electrons. The summed E-state index contributed by atoms with van der Waals surface area (Å²) in [5.74, 6) is 0. The molecule has 3 unspecified atom stereocenters. The molecule has 126 valence electrons. The molecule has 0 heterocycles. The Morgan fingerprint density at radius 3 is 2.32 bits per heavy atom. The van der Waals surface area contributed by atoms with Gasteiger partial charge >= 0.3 is 17.1 Å². The molecule has 4 N–H and O–H groups in total. The third-order valence-corrected chi connectivity index (χ3v) is 11.0. The lowest BCUT2D eigenvalue weighted by atomic mass is 10.4. The van der Waals surface area contributed by atoms with Gasteiger partial charge in [-0.1, -0.05) is 30.3 Å². The van der Waals surface area contributed by atoms with Crippen LogP contribution in [0.5, 0.6) is 0 Å². The summed E-state index contributed by atoms with van der Waals surface area (Å²) >= 11 is 0. The van der Waals surface area contributed by atoms with E-state index in [1.165, 1.54) is 7.11 Å². The minimum atomic E-state index is -3.20. The van der Waals surface area contributed by atoms with Crippen molar-refractivity contribution >= 4 is 22.3 Å². The Morgan fingerprint density at radius 2 is 1.82 bits per heavy atom. The van der Waals surface area contributed by atoms with Gasteiger partial charge in [0.25, 0.3) is 0 Å². The van der Waals surface area contributed by atoms with Gasteiger partial charge in [0.15, 0.2) is 0 Å². The quantitative estimate of drug-likeness (QED) is 0.438. The van der Waals surface area contributed by atoms with Crippen molar-refractivity contribution in [3.63, 3.8) is 0 Å². The number of hydrogen-bond acceptors (Lipinski definition) is 6. The summed E-state index contributed by atoms with van der Waals surface area (Å²) in [6.07, 6.45) is -0.511. The van der Waals surface area contributed by atoms with Crippen LogP contribution in [0.4, 0.5) is 0 Å². The summed E-state index contributed by atoms with van der Waals surface area (Å²) in [6, 6.07) is 9.70. The first-order valence-electron chi connectivity index (χ1n) is 7.32. The minimum Gasteiger partial charge on any atom is -0.411 e. The van der Waals surface area contributed by atoms with Crippen LogP contribution in [0.3, 0.4) is 0 Å². The second-order valence-electron chi connectivity index (χ2n) is 5.43. The predicted molar refractivity (Wildman–Crippen MR) is 88.2 cm³/mol. The Balaban J connectivity index is 2.99. The molecule has 0 aliphatic heterocycles. The molecule has 1 aromatic carbocycles. The second-order valence-corrected chi connectivity index (χ2v) is 11.9. The number of benzene rings is 1. The molecule has 0 spiro atoms. The largest absolute Gasteiger partial charge is 0.411 e. The van der Waals surface area contributed by atoms with E-state index in [4.69, 9.17) is 18.8 Å². The van der Waals surface area contributed by atoms with Crippen molar-refractivity contribution in [2.24, 2.45) is 0 Å². The number of rotatable bonds is 10. The van der Waals surface area contributed by atoms with Crippen LogP contribution in [0.25, 0.3) is 0 Å². The Hall–Kier alpha value is -0.586. The van der Waals surface area contributed by atoms with Crippen molar-refractivity contribution in [3.05, 3.63) is 30.3 Å². The Bertz CT molecular complexity index is 431. The van der Waals surface area contributed by atoms with E-state index in [1.807, 2.05) is 18.2 Å². The van der Waals surface area contributed by atoms with E-state index in [2.05, 4.69) is 0 Å². The SMILES string of the molecule is CO[Si](CCCO)(CC(O)CO)O[Si](C)(O)c1ccccc1. The van der Waals surface area contributed by atoms with Gasteiger partial charge in [0.05, 0.1) is 12.7 Å². The van der Waals surface area contributed by atoms with Crippen molar-refractivity contribution in [1.82, 2.24) is 0 Å². The lowest BCUT2D eigenvalue weighted by Crippen LogP contribution is -2.59. The fourth-order valence-corrected chi connectivity index (χ4v) is 9.74. The molecule has 8 heteroatoms. The van der Waals surface area contributed by atoms with Crippen molar-refractivity contribution in [2.45, 2.75) is 31.2 Å². The predicted octanol–water partition coefficient (Wildman–Crippen LogP) is -0.201. The van der Waals surface area contributed by atoms with Crippen LogP contribution >= 0.6 is 0 Å². The molecule has 0 fully saturated rings. The molecule has 6 nitrogen and oxygen atoms in total. The minimum absolute atomic E-state index is 0.0221. The normalized spacial score (nSPS) is 18.5. The molecule has 0 saturated heterocycles. The first-order chi connectivity index (χ1) is 10.4. The zero-order chi connectivity index (χ0) is 16.6. The number of hydrogen-bond donors (Lipinski definition) is 4. The van der Waals surface area contributed by atoms with Gasteiger partial charge in [-0.2, -0.15) is 0 Å². The van der Waals surface area contributed by atoms with Crippen LogP contribution in [0.2, 0.25) is 18.6 Å². The van der Waals surface area contributed by atoms with Crippen molar-refractivity contribution in [2.75, 3.05) is 20.3 Å². The molecule has 0 saturated carbocycles. The zero-order valence-corrected chi connectivity index (χ0v) is 15.1.